The fourth-order valence-corrected chi connectivity index (χ4v) is 4.41. The highest BCUT2D eigenvalue weighted by Crippen LogP contribution is 2.37. The number of amides is 2. The number of fused-ring (bicyclic) bond motifs is 3. The third-order valence-corrected chi connectivity index (χ3v) is 6.10. The first kappa shape index (κ1) is 20.9. The van der Waals surface area contributed by atoms with Crippen molar-refractivity contribution in [3.63, 3.8) is 0 Å². The molecule has 0 spiro atoms. The van der Waals surface area contributed by atoms with Crippen molar-refractivity contribution in [2.24, 2.45) is 0 Å². The fraction of sp³-hybridized carbons (Fsp3) is 0.148. The zero-order valence-electron chi connectivity index (χ0n) is 18.1. The molecule has 0 bridgehead atoms. The Morgan fingerprint density at radius 1 is 1.00 bits per heavy atom. The number of carbonyl (C=O) groups excluding carboxylic acids is 1. The Labute approximate surface area is 191 Å². The molecular formula is C27H23F2N3O. The number of rotatable bonds is 3. The number of nitrogens with one attached hydrogen (secondary N) is 1. The lowest BCUT2D eigenvalue weighted by Crippen LogP contribution is -2.38. The van der Waals surface area contributed by atoms with Crippen molar-refractivity contribution in [2.75, 3.05) is 5.32 Å². The van der Waals surface area contributed by atoms with Crippen LogP contribution in [0.1, 0.15) is 35.3 Å². The molecule has 0 saturated carbocycles. The van der Waals surface area contributed by atoms with Crippen molar-refractivity contribution < 1.29 is 13.6 Å². The molecule has 1 atom stereocenters. The summed E-state index contributed by atoms with van der Waals surface area (Å²) < 4.78 is 30.1. The molecule has 166 valence electrons. The molecule has 4 nitrogen and oxygen atoms in total. The monoisotopic (exact) mass is 443 g/mol. The van der Waals surface area contributed by atoms with E-state index in [1.165, 1.54) is 5.56 Å². The SMILES string of the molecule is CCc1ccc([C@H]2c3cccn3-c3ccccc3CN2C(=O)Nc2cc(F)ccc2F)cc1. The van der Waals surface area contributed by atoms with E-state index in [2.05, 4.69) is 28.9 Å². The second kappa shape index (κ2) is 8.54. The van der Waals surface area contributed by atoms with E-state index in [0.29, 0.717) is 6.54 Å². The van der Waals surface area contributed by atoms with Crippen molar-refractivity contribution in [3.8, 4) is 5.69 Å². The van der Waals surface area contributed by atoms with Crippen molar-refractivity contribution in [2.45, 2.75) is 25.9 Å². The lowest BCUT2D eigenvalue weighted by atomic mass is 10.00. The van der Waals surface area contributed by atoms with E-state index in [-0.39, 0.29) is 5.69 Å². The van der Waals surface area contributed by atoms with Crippen molar-refractivity contribution in [1.29, 1.82) is 0 Å². The minimum Gasteiger partial charge on any atom is -0.318 e. The average molecular weight is 443 g/mol. The number of anilines is 1. The smallest absolute Gasteiger partial charge is 0.318 e. The first-order valence-electron chi connectivity index (χ1n) is 10.9. The van der Waals surface area contributed by atoms with Gasteiger partial charge in [0.2, 0.25) is 0 Å². The highest BCUT2D eigenvalue weighted by Gasteiger charge is 2.33. The summed E-state index contributed by atoms with van der Waals surface area (Å²) in [6.45, 7) is 2.40. The van der Waals surface area contributed by atoms with Crippen LogP contribution in [-0.4, -0.2) is 15.5 Å². The van der Waals surface area contributed by atoms with Gasteiger partial charge in [0.15, 0.2) is 0 Å². The number of urea groups is 1. The van der Waals surface area contributed by atoms with Crippen LogP contribution < -0.4 is 5.32 Å². The van der Waals surface area contributed by atoms with Gasteiger partial charge in [0.05, 0.1) is 24.0 Å². The average Bonchev–Trinajstić information content (AvgIpc) is 3.26. The minimum atomic E-state index is -0.688. The Kier molecular flexibility index (Phi) is 5.42. The van der Waals surface area contributed by atoms with Gasteiger partial charge in [-0.15, -0.1) is 0 Å². The number of hydrogen-bond acceptors (Lipinski definition) is 1. The van der Waals surface area contributed by atoms with Gasteiger partial charge in [0.1, 0.15) is 11.6 Å². The lowest BCUT2D eigenvalue weighted by Gasteiger charge is -2.31. The van der Waals surface area contributed by atoms with Gasteiger partial charge in [-0.1, -0.05) is 49.4 Å². The van der Waals surface area contributed by atoms with E-state index >= 15 is 0 Å². The van der Waals surface area contributed by atoms with Gasteiger partial charge in [0, 0.05) is 18.0 Å². The second-order valence-corrected chi connectivity index (χ2v) is 8.11. The van der Waals surface area contributed by atoms with Crippen molar-refractivity contribution in [1.82, 2.24) is 9.47 Å². The van der Waals surface area contributed by atoms with Gasteiger partial charge in [-0.25, -0.2) is 13.6 Å². The topological polar surface area (TPSA) is 37.3 Å². The molecule has 0 saturated heterocycles. The molecule has 6 heteroatoms. The number of aromatic nitrogens is 1. The number of aryl methyl sites for hydroxylation is 1. The number of carbonyl (C=O) groups is 1. The summed E-state index contributed by atoms with van der Waals surface area (Å²) in [7, 11) is 0. The molecular weight excluding hydrogens is 420 g/mol. The maximum Gasteiger partial charge on any atom is 0.323 e. The van der Waals surface area contributed by atoms with Crippen LogP contribution in [0.3, 0.4) is 0 Å². The predicted octanol–water partition coefficient (Wildman–Crippen LogP) is 6.46. The van der Waals surface area contributed by atoms with Crippen LogP contribution in [0.5, 0.6) is 0 Å². The standard InChI is InChI=1S/C27H23F2N3O/c1-2-18-9-11-19(12-10-18)26-25-8-5-15-31(25)24-7-4-3-6-20(24)17-32(26)27(33)30-23-16-21(28)13-14-22(23)29/h3-16,26H,2,17H2,1H3,(H,30,33)/t26-/m0/s1. The highest BCUT2D eigenvalue weighted by atomic mass is 19.1. The van der Waals surface area contributed by atoms with Crippen LogP contribution in [0.2, 0.25) is 0 Å². The molecule has 33 heavy (non-hydrogen) atoms. The van der Waals surface area contributed by atoms with Gasteiger partial charge >= 0.3 is 6.03 Å². The van der Waals surface area contributed by atoms with Crippen LogP contribution in [0, 0.1) is 11.6 Å². The largest absolute Gasteiger partial charge is 0.323 e. The molecule has 0 aliphatic carbocycles. The quantitative estimate of drug-likeness (QED) is 0.388. The molecule has 0 fully saturated rings. The number of hydrogen-bond donors (Lipinski definition) is 1. The molecule has 2 amide bonds. The Morgan fingerprint density at radius 2 is 1.79 bits per heavy atom. The third-order valence-electron chi connectivity index (χ3n) is 6.10. The zero-order chi connectivity index (χ0) is 22.9. The Morgan fingerprint density at radius 3 is 2.58 bits per heavy atom. The summed E-state index contributed by atoms with van der Waals surface area (Å²) in [5, 5.41) is 2.59. The molecule has 1 aromatic heterocycles. The zero-order valence-corrected chi connectivity index (χ0v) is 18.1. The number of para-hydroxylation sites is 1. The second-order valence-electron chi connectivity index (χ2n) is 8.11. The third kappa shape index (κ3) is 3.89. The van der Waals surface area contributed by atoms with Crippen LogP contribution >= 0.6 is 0 Å². The highest BCUT2D eigenvalue weighted by molar-refractivity contribution is 5.90. The first-order valence-corrected chi connectivity index (χ1v) is 10.9. The molecule has 5 rings (SSSR count). The van der Waals surface area contributed by atoms with Crippen molar-refractivity contribution in [3.05, 3.63) is 119 Å². The van der Waals surface area contributed by atoms with E-state index in [1.54, 1.807) is 4.90 Å². The van der Waals surface area contributed by atoms with Gasteiger partial charge in [0.25, 0.3) is 0 Å². The van der Waals surface area contributed by atoms with E-state index in [9.17, 15) is 13.6 Å². The summed E-state index contributed by atoms with van der Waals surface area (Å²) in [6.07, 6.45) is 2.89. The Balaban J connectivity index is 1.63. The molecule has 4 aromatic rings. The minimum absolute atomic E-state index is 0.187. The maximum absolute atomic E-state index is 14.3. The molecule has 1 aliphatic rings. The summed E-state index contributed by atoms with van der Waals surface area (Å²) in [5.74, 6) is -1.30. The summed E-state index contributed by atoms with van der Waals surface area (Å²) in [5.41, 5.74) is 4.81. The van der Waals surface area contributed by atoms with E-state index in [4.69, 9.17) is 0 Å². The maximum atomic E-state index is 14.3. The molecule has 1 N–H and O–H groups in total. The first-order chi connectivity index (χ1) is 16.0. The lowest BCUT2D eigenvalue weighted by molar-refractivity contribution is 0.194. The Bertz CT molecular complexity index is 1310. The number of halogens is 2. The van der Waals surface area contributed by atoms with Gasteiger partial charge in [-0.05, 0) is 53.4 Å². The van der Waals surface area contributed by atoms with E-state index in [1.807, 2.05) is 54.7 Å². The summed E-state index contributed by atoms with van der Waals surface area (Å²) in [4.78, 5) is 15.2. The summed E-state index contributed by atoms with van der Waals surface area (Å²) in [6, 6.07) is 22.1. The molecule has 0 unspecified atom stereocenters. The normalized spacial score (nSPS) is 14.9. The molecule has 2 heterocycles. The molecule has 0 radical (unpaired) electrons. The van der Waals surface area contributed by atoms with E-state index in [0.717, 1.165) is 47.1 Å². The van der Waals surface area contributed by atoms with Crippen molar-refractivity contribution >= 4 is 11.7 Å². The van der Waals surface area contributed by atoms with Crippen LogP contribution in [-0.2, 0) is 13.0 Å². The van der Waals surface area contributed by atoms with Crippen LogP contribution in [0.25, 0.3) is 5.69 Å². The fourth-order valence-electron chi connectivity index (χ4n) is 4.41. The number of benzene rings is 3. The van der Waals surface area contributed by atoms with Crippen LogP contribution in [0.15, 0.2) is 85.1 Å². The summed E-state index contributed by atoms with van der Waals surface area (Å²) >= 11 is 0. The van der Waals surface area contributed by atoms with Gasteiger partial charge in [-0.3, -0.25) is 0 Å². The van der Waals surface area contributed by atoms with Gasteiger partial charge < -0.3 is 14.8 Å². The van der Waals surface area contributed by atoms with Crippen LogP contribution in [0.4, 0.5) is 19.3 Å². The Hall–Kier alpha value is -3.93. The van der Waals surface area contributed by atoms with Gasteiger partial charge in [-0.2, -0.15) is 0 Å². The molecule has 1 aliphatic heterocycles. The number of nitrogens with zero attached hydrogens (tertiary/aromatic N) is 2. The predicted molar refractivity (Wildman–Crippen MR) is 124 cm³/mol. The molecule has 3 aromatic carbocycles. The van der Waals surface area contributed by atoms with E-state index < -0.39 is 23.7 Å².